The summed E-state index contributed by atoms with van der Waals surface area (Å²) in [4.78, 5) is 66.1. The normalized spacial score (nSPS) is 23.8. The van der Waals surface area contributed by atoms with Gasteiger partial charge in [0, 0.05) is 66.7 Å². The molecule has 13 nitrogen and oxygen atoms in total. The van der Waals surface area contributed by atoms with E-state index in [2.05, 4.69) is 38.8 Å². The van der Waals surface area contributed by atoms with Gasteiger partial charge in [0.05, 0.1) is 11.4 Å². The molecule has 312 valence electrons. The number of aromatic hydroxyl groups is 1. The van der Waals surface area contributed by atoms with E-state index >= 15 is 0 Å². The maximum Gasteiger partial charge on any atom is 0.353 e. The summed E-state index contributed by atoms with van der Waals surface area (Å²) in [6, 6.07) is 15.7. The van der Waals surface area contributed by atoms with E-state index < -0.39 is 45.7 Å². The highest BCUT2D eigenvalue weighted by Gasteiger charge is 2.48. The van der Waals surface area contributed by atoms with Crippen LogP contribution in [0.25, 0.3) is 22.5 Å². The number of ether oxygens (including phenoxy) is 1. The zero-order valence-corrected chi connectivity index (χ0v) is 34.5. The van der Waals surface area contributed by atoms with E-state index in [0.29, 0.717) is 45.8 Å². The second-order valence-electron chi connectivity index (χ2n) is 17.5. The molecule has 6 N–H and O–H groups in total. The highest BCUT2D eigenvalue weighted by atomic mass is 16.5. The third-order valence-corrected chi connectivity index (χ3v) is 13.8. The van der Waals surface area contributed by atoms with Crippen LogP contribution in [0.1, 0.15) is 84.2 Å². The molecule has 2 aliphatic heterocycles. The maximum absolute atomic E-state index is 13.9. The number of aromatic amines is 2. The van der Waals surface area contributed by atoms with E-state index in [1.165, 1.54) is 25.7 Å². The number of carboxylic acids is 1. The third-order valence-electron chi connectivity index (χ3n) is 13.8. The van der Waals surface area contributed by atoms with Crippen LogP contribution < -0.4 is 31.4 Å². The van der Waals surface area contributed by atoms with Crippen LogP contribution in [-0.4, -0.2) is 89.9 Å². The molecular formula is C46H56N6O7. The molecule has 4 aliphatic rings. The van der Waals surface area contributed by atoms with E-state index in [-0.39, 0.29) is 29.9 Å². The van der Waals surface area contributed by atoms with Crippen molar-refractivity contribution in [2.45, 2.75) is 71.3 Å². The van der Waals surface area contributed by atoms with Gasteiger partial charge in [-0.2, -0.15) is 0 Å². The first-order chi connectivity index (χ1) is 28.3. The van der Waals surface area contributed by atoms with Crippen LogP contribution in [0.4, 0.5) is 11.4 Å². The summed E-state index contributed by atoms with van der Waals surface area (Å²) in [5.74, 6) is -2.23. The SMILES string of the molecule is CCc1c(-c2ccc(N3C[C@H]4CCCC[C@@]4(CN(C)C)C3)cc2)[nH]c(=O)c(C(=O)Oc2c(CC)c(-c3ccc(N4C[C@H]5CC[C@H](N)[C@H]5C4)cc3)[nH]c(=O)c2C(=O)O)c1O. The van der Waals surface area contributed by atoms with E-state index in [1.54, 1.807) is 13.8 Å². The van der Waals surface area contributed by atoms with Crippen LogP contribution in [0.2, 0.25) is 0 Å². The largest absolute Gasteiger partial charge is 0.506 e. The number of anilines is 2. The second-order valence-corrected chi connectivity index (χ2v) is 17.5. The molecule has 13 heteroatoms. The lowest BCUT2D eigenvalue weighted by atomic mass is 9.68. The van der Waals surface area contributed by atoms with Gasteiger partial charge in [0.1, 0.15) is 5.75 Å². The third kappa shape index (κ3) is 7.32. The monoisotopic (exact) mass is 804 g/mol. The number of carbonyl (C=O) groups is 2. The van der Waals surface area contributed by atoms with E-state index in [9.17, 15) is 29.4 Å². The van der Waals surface area contributed by atoms with Gasteiger partial charge in [-0.25, -0.2) is 9.59 Å². The number of nitrogens with two attached hydrogens (primary N) is 1. The lowest BCUT2D eigenvalue weighted by molar-refractivity contribution is 0.0677. The van der Waals surface area contributed by atoms with Gasteiger partial charge < -0.3 is 45.4 Å². The average molecular weight is 805 g/mol. The molecule has 59 heavy (non-hydrogen) atoms. The lowest BCUT2D eigenvalue weighted by Crippen LogP contribution is -2.42. The van der Waals surface area contributed by atoms with Crippen molar-refractivity contribution < 1.29 is 24.5 Å². The van der Waals surface area contributed by atoms with Crippen LogP contribution in [0, 0.1) is 23.2 Å². The summed E-state index contributed by atoms with van der Waals surface area (Å²) < 4.78 is 5.72. The number of nitrogens with zero attached hydrogens (tertiary/aromatic N) is 3. The Morgan fingerprint density at radius 2 is 1.44 bits per heavy atom. The van der Waals surface area contributed by atoms with E-state index in [1.807, 2.05) is 48.5 Å². The number of carboxylic acid groups (broad SMARTS) is 1. The van der Waals surface area contributed by atoms with Crippen LogP contribution in [-0.2, 0) is 12.8 Å². The molecule has 5 atom stereocenters. The molecule has 2 aliphatic carbocycles. The predicted octanol–water partition coefficient (Wildman–Crippen LogP) is 5.88. The predicted molar refractivity (Wildman–Crippen MR) is 229 cm³/mol. The van der Waals surface area contributed by atoms with Crippen molar-refractivity contribution in [2.75, 3.05) is 56.6 Å². The minimum Gasteiger partial charge on any atom is -0.506 e. The number of rotatable bonds is 11. The molecule has 0 spiro atoms. The highest BCUT2D eigenvalue weighted by Crippen LogP contribution is 2.48. The first kappa shape index (κ1) is 40.4. The molecule has 4 aromatic rings. The van der Waals surface area contributed by atoms with Gasteiger partial charge in [-0.15, -0.1) is 0 Å². The number of benzene rings is 2. The smallest absolute Gasteiger partial charge is 0.353 e. The first-order valence-electron chi connectivity index (χ1n) is 21.2. The summed E-state index contributed by atoms with van der Waals surface area (Å²) in [5, 5.41) is 21.7. The minimum atomic E-state index is -1.60. The fourth-order valence-electron chi connectivity index (χ4n) is 10.9. The molecule has 0 unspecified atom stereocenters. The van der Waals surface area contributed by atoms with Crippen molar-refractivity contribution >= 4 is 23.3 Å². The van der Waals surface area contributed by atoms with Crippen LogP contribution in [0.3, 0.4) is 0 Å². The Labute approximate surface area is 344 Å². The quantitative estimate of drug-likeness (QED) is 0.114. The number of fused-ring (bicyclic) bond motifs is 2. The molecular weight excluding hydrogens is 749 g/mol. The van der Waals surface area contributed by atoms with E-state index in [4.69, 9.17) is 10.5 Å². The van der Waals surface area contributed by atoms with Crippen molar-refractivity contribution in [3.63, 3.8) is 0 Å². The number of pyridine rings is 2. The summed E-state index contributed by atoms with van der Waals surface area (Å²) in [5.41, 5.74) is 7.94. The number of esters is 1. The molecule has 4 fully saturated rings. The van der Waals surface area contributed by atoms with Gasteiger partial charge in [0.15, 0.2) is 16.9 Å². The molecule has 2 saturated heterocycles. The fourth-order valence-corrected chi connectivity index (χ4v) is 10.9. The molecule has 0 bridgehead atoms. The van der Waals surface area contributed by atoms with Crippen molar-refractivity contribution in [2.24, 2.45) is 28.9 Å². The molecule has 2 saturated carbocycles. The number of carbonyl (C=O) groups excluding carboxylic acids is 1. The molecule has 0 amide bonds. The summed E-state index contributed by atoms with van der Waals surface area (Å²) in [6.45, 7) is 8.41. The lowest BCUT2D eigenvalue weighted by Gasteiger charge is -2.40. The fraction of sp³-hybridized carbons (Fsp3) is 0.478. The van der Waals surface area contributed by atoms with Crippen LogP contribution in [0.5, 0.6) is 11.5 Å². The second kappa shape index (κ2) is 16.0. The van der Waals surface area contributed by atoms with Crippen LogP contribution in [0.15, 0.2) is 58.1 Å². The number of nitrogens with one attached hydrogen (secondary N) is 2. The summed E-state index contributed by atoms with van der Waals surface area (Å²) >= 11 is 0. The number of H-pyrrole nitrogens is 2. The van der Waals surface area contributed by atoms with Gasteiger partial charge in [0.25, 0.3) is 11.1 Å². The Morgan fingerprint density at radius 3 is 2.03 bits per heavy atom. The summed E-state index contributed by atoms with van der Waals surface area (Å²) in [7, 11) is 4.29. The van der Waals surface area contributed by atoms with Gasteiger partial charge in [-0.3, -0.25) is 9.59 Å². The topological polar surface area (TPSA) is 185 Å². The number of hydrogen-bond donors (Lipinski definition) is 5. The Morgan fingerprint density at radius 1 is 0.831 bits per heavy atom. The molecule has 0 radical (unpaired) electrons. The highest BCUT2D eigenvalue weighted by molar-refractivity contribution is 5.98. The van der Waals surface area contributed by atoms with Gasteiger partial charge in [-0.05, 0) is 106 Å². The van der Waals surface area contributed by atoms with Gasteiger partial charge in [-0.1, -0.05) is 51.0 Å². The van der Waals surface area contributed by atoms with Crippen molar-refractivity contribution in [1.82, 2.24) is 14.9 Å². The number of hydrogen-bond acceptors (Lipinski definition) is 10. The van der Waals surface area contributed by atoms with E-state index in [0.717, 1.165) is 56.9 Å². The average Bonchev–Trinajstić information content (AvgIpc) is 3.91. The zero-order chi connectivity index (χ0) is 41.7. The Hall–Kier alpha value is -5.40. The van der Waals surface area contributed by atoms with Crippen molar-refractivity contribution in [3.8, 4) is 34.0 Å². The Balaban J connectivity index is 1.07. The van der Waals surface area contributed by atoms with Gasteiger partial charge in [0.2, 0.25) is 0 Å². The first-order valence-corrected chi connectivity index (χ1v) is 21.2. The molecule has 2 aromatic heterocycles. The van der Waals surface area contributed by atoms with Crippen molar-refractivity contribution in [3.05, 3.63) is 91.5 Å². The van der Waals surface area contributed by atoms with Crippen molar-refractivity contribution in [1.29, 1.82) is 0 Å². The Bertz CT molecular complexity index is 2370. The number of aromatic nitrogens is 2. The molecule has 4 heterocycles. The zero-order valence-electron chi connectivity index (χ0n) is 34.5. The van der Waals surface area contributed by atoms with Gasteiger partial charge >= 0.3 is 11.9 Å². The standard InChI is InChI=1S/C46H56N6O7/c1-5-32-38(26-12-17-31(18-13-26)52-22-29-9-7-8-20-46(29,25-52)24-50(3)4)48-42(54)36(40(32)53)45(58)59-41-33(6-2)39(49-43(55)37(41)44(56)57)27-10-15-30(16-11-27)51-21-28-14-19-35(47)34(28)23-51/h10-13,15-18,28-29,34-35H,5-9,14,19-25,47H2,1-4H3,(H,49,55)(H,56,57)(H2,48,53,54)/t28-,29-,34+,35+,46-/m1/s1. The molecule has 2 aromatic carbocycles. The van der Waals surface area contributed by atoms with Crippen LogP contribution >= 0.6 is 0 Å². The maximum atomic E-state index is 13.9. The summed E-state index contributed by atoms with van der Waals surface area (Å²) in [6.07, 6.45) is 7.60. The minimum absolute atomic E-state index is 0.177. The molecule has 8 rings (SSSR count). The Kier molecular flexibility index (Phi) is 10.9. The number of aromatic carboxylic acids is 1.